The molecule has 0 aliphatic rings. The number of anilines is 1. The summed E-state index contributed by atoms with van der Waals surface area (Å²) in [6.07, 6.45) is 3.29. The number of carbonyl (C=O) groups is 1. The summed E-state index contributed by atoms with van der Waals surface area (Å²) in [5, 5.41) is 4.09. The third-order valence-electron chi connectivity index (χ3n) is 4.14. The van der Waals surface area contributed by atoms with Crippen LogP contribution in [0.3, 0.4) is 0 Å². The van der Waals surface area contributed by atoms with Crippen molar-refractivity contribution in [2.75, 3.05) is 5.32 Å². The second-order valence-corrected chi connectivity index (χ2v) is 8.03. The minimum Gasteiger partial charge on any atom is -0.451 e. The van der Waals surface area contributed by atoms with Gasteiger partial charge < -0.3 is 9.73 Å². The minimum atomic E-state index is -2.59. The molecular formula is C21H15F2N3O2S2. The fourth-order valence-corrected chi connectivity index (χ4v) is 4.30. The van der Waals surface area contributed by atoms with Crippen LogP contribution in [0.25, 0.3) is 11.0 Å². The highest BCUT2D eigenvalue weighted by Crippen LogP contribution is 2.34. The molecule has 0 bridgehead atoms. The lowest BCUT2D eigenvalue weighted by Crippen LogP contribution is -2.13. The van der Waals surface area contributed by atoms with Gasteiger partial charge in [-0.3, -0.25) is 4.79 Å². The monoisotopic (exact) mass is 443 g/mol. The van der Waals surface area contributed by atoms with Crippen LogP contribution in [-0.2, 0) is 5.75 Å². The fraction of sp³-hybridized carbons (Fsp3) is 0.0952. The van der Waals surface area contributed by atoms with Crippen molar-refractivity contribution in [1.29, 1.82) is 0 Å². The van der Waals surface area contributed by atoms with E-state index in [4.69, 9.17) is 4.42 Å². The molecule has 0 atom stereocenters. The summed E-state index contributed by atoms with van der Waals surface area (Å²) in [7, 11) is 0. The highest BCUT2D eigenvalue weighted by molar-refractivity contribution is 7.99. The van der Waals surface area contributed by atoms with Crippen molar-refractivity contribution in [3.8, 4) is 0 Å². The predicted molar refractivity (Wildman–Crippen MR) is 114 cm³/mol. The Bertz CT molecular complexity index is 1170. The molecule has 152 valence electrons. The first kappa shape index (κ1) is 20.4. The molecule has 30 heavy (non-hydrogen) atoms. The predicted octanol–water partition coefficient (Wildman–Crippen LogP) is 6.08. The van der Waals surface area contributed by atoms with Crippen LogP contribution < -0.4 is 5.32 Å². The molecule has 0 radical (unpaired) electrons. The van der Waals surface area contributed by atoms with Crippen molar-refractivity contribution in [2.45, 2.75) is 21.6 Å². The van der Waals surface area contributed by atoms with E-state index in [0.717, 1.165) is 5.39 Å². The summed E-state index contributed by atoms with van der Waals surface area (Å²) in [5.41, 5.74) is 1.57. The second kappa shape index (κ2) is 9.27. The smallest absolute Gasteiger partial charge is 0.291 e. The molecule has 0 unspecified atom stereocenters. The summed E-state index contributed by atoms with van der Waals surface area (Å²) in [6, 6.07) is 15.5. The Morgan fingerprint density at radius 3 is 2.57 bits per heavy atom. The summed E-state index contributed by atoms with van der Waals surface area (Å²) in [5.74, 6) is -2.54. The normalized spacial score (nSPS) is 11.2. The molecular weight excluding hydrogens is 428 g/mol. The number of carbonyl (C=O) groups excluding carboxylic acids is 1. The Kier molecular flexibility index (Phi) is 6.29. The zero-order chi connectivity index (χ0) is 20.9. The van der Waals surface area contributed by atoms with Gasteiger partial charge in [-0.1, -0.05) is 53.9 Å². The number of halogens is 2. The number of benzene rings is 2. The lowest BCUT2D eigenvalue weighted by molar-refractivity contribution is 0.0997. The number of rotatable bonds is 7. The fourth-order valence-electron chi connectivity index (χ4n) is 2.87. The zero-order valence-corrected chi connectivity index (χ0v) is 17.1. The molecule has 0 saturated carbocycles. The van der Waals surface area contributed by atoms with E-state index < -0.39 is 11.7 Å². The molecule has 0 fully saturated rings. The first-order valence-corrected chi connectivity index (χ1v) is 10.7. The highest BCUT2D eigenvalue weighted by atomic mass is 32.2. The van der Waals surface area contributed by atoms with Crippen LogP contribution in [0.15, 0.2) is 81.5 Å². The van der Waals surface area contributed by atoms with Gasteiger partial charge in [0.25, 0.3) is 11.7 Å². The molecule has 4 aromatic rings. The third kappa shape index (κ3) is 4.63. The molecule has 2 heterocycles. The van der Waals surface area contributed by atoms with Gasteiger partial charge >= 0.3 is 0 Å². The topological polar surface area (TPSA) is 68.0 Å². The third-order valence-corrected chi connectivity index (χ3v) is 5.83. The Labute approximate surface area is 179 Å². The number of nitrogens with one attached hydrogen (secondary N) is 1. The number of fused-ring (bicyclic) bond motifs is 1. The molecule has 1 amide bonds. The van der Waals surface area contributed by atoms with Crippen molar-refractivity contribution in [2.24, 2.45) is 0 Å². The molecule has 0 aliphatic carbocycles. The average Bonchev–Trinajstić information content (AvgIpc) is 3.13. The molecule has 0 aliphatic heterocycles. The van der Waals surface area contributed by atoms with E-state index in [9.17, 15) is 13.6 Å². The van der Waals surface area contributed by atoms with E-state index in [-0.39, 0.29) is 10.7 Å². The van der Waals surface area contributed by atoms with E-state index in [1.807, 2.05) is 18.2 Å². The Morgan fingerprint density at radius 1 is 1.03 bits per heavy atom. The number of amides is 1. The number of alkyl halides is 2. The second-order valence-electron chi connectivity index (χ2n) is 6.05. The van der Waals surface area contributed by atoms with Gasteiger partial charge in [-0.2, -0.15) is 8.78 Å². The maximum atomic E-state index is 13.0. The van der Waals surface area contributed by atoms with Crippen LogP contribution in [0, 0.1) is 0 Å². The Hall–Kier alpha value is -2.91. The number of hydrogen-bond donors (Lipinski definition) is 1. The summed E-state index contributed by atoms with van der Waals surface area (Å²) >= 11 is 1.76. The van der Waals surface area contributed by atoms with Gasteiger partial charge in [-0.05, 0) is 24.3 Å². The van der Waals surface area contributed by atoms with Gasteiger partial charge in [-0.25, -0.2) is 9.97 Å². The largest absolute Gasteiger partial charge is 0.451 e. The highest BCUT2D eigenvalue weighted by Gasteiger charge is 2.22. The Morgan fingerprint density at radius 2 is 1.77 bits per heavy atom. The summed E-state index contributed by atoms with van der Waals surface area (Å²) in [4.78, 5) is 21.7. The van der Waals surface area contributed by atoms with Crippen molar-refractivity contribution in [3.63, 3.8) is 0 Å². The van der Waals surface area contributed by atoms with Gasteiger partial charge in [-0.15, -0.1) is 0 Å². The molecule has 0 saturated heterocycles. The number of hydrogen-bond acceptors (Lipinski definition) is 6. The van der Waals surface area contributed by atoms with Gasteiger partial charge in [0.2, 0.25) is 0 Å². The number of thioether (sulfide) groups is 2. The van der Waals surface area contributed by atoms with Crippen LogP contribution in [0.1, 0.15) is 16.1 Å². The zero-order valence-electron chi connectivity index (χ0n) is 15.4. The number of para-hydroxylation sites is 2. The van der Waals surface area contributed by atoms with Crippen molar-refractivity contribution in [1.82, 2.24) is 9.97 Å². The molecule has 2 aromatic heterocycles. The maximum absolute atomic E-state index is 13.0. The summed E-state index contributed by atoms with van der Waals surface area (Å²) < 4.78 is 31.5. The van der Waals surface area contributed by atoms with Crippen LogP contribution >= 0.6 is 23.5 Å². The van der Waals surface area contributed by atoms with Gasteiger partial charge in [0, 0.05) is 34.0 Å². The van der Waals surface area contributed by atoms with Crippen LogP contribution in [0.5, 0.6) is 0 Å². The van der Waals surface area contributed by atoms with Crippen LogP contribution in [0.4, 0.5) is 14.5 Å². The van der Waals surface area contributed by atoms with Crippen LogP contribution in [-0.4, -0.2) is 21.6 Å². The number of aromatic nitrogens is 2. The van der Waals surface area contributed by atoms with Gasteiger partial charge in [0.05, 0.1) is 5.69 Å². The van der Waals surface area contributed by atoms with Crippen molar-refractivity contribution < 1.29 is 18.0 Å². The maximum Gasteiger partial charge on any atom is 0.291 e. The lowest BCUT2D eigenvalue weighted by Gasteiger charge is -2.10. The first-order valence-electron chi connectivity index (χ1n) is 8.87. The van der Waals surface area contributed by atoms with E-state index in [1.54, 1.807) is 42.7 Å². The molecule has 2 aromatic carbocycles. The molecule has 9 heteroatoms. The van der Waals surface area contributed by atoms with E-state index in [1.165, 1.54) is 17.8 Å². The van der Waals surface area contributed by atoms with E-state index >= 15 is 0 Å². The van der Waals surface area contributed by atoms with Crippen molar-refractivity contribution in [3.05, 3.63) is 78.3 Å². The standard InChI is InChI=1S/C21H15F2N3O2S2/c22-20(23)30-17-9-4-2-7-15(17)26-19(27)18-14(12-29-21-24-10-5-11-25-21)13-6-1-3-8-16(13)28-18/h1-11,20H,12H2,(H,26,27). The Balaban J connectivity index is 1.64. The summed E-state index contributed by atoms with van der Waals surface area (Å²) in [6.45, 7) is 0. The lowest BCUT2D eigenvalue weighted by atomic mass is 10.1. The average molecular weight is 444 g/mol. The first-order chi connectivity index (χ1) is 14.6. The van der Waals surface area contributed by atoms with E-state index in [2.05, 4.69) is 15.3 Å². The minimum absolute atomic E-state index is 0.136. The van der Waals surface area contributed by atoms with E-state index in [0.29, 0.717) is 39.5 Å². The van der Waals surface area contributed by atoms with Crippen molar-refractivity contribution >= 4 is 46.1 Å². The molecule has 0 spiro atoms. The number of furan rings is 1. The molecule has 4 rings (SSSR count). The van der Waals surface area contributed by atoms with Gasteiger partial charge in [0.15, 0.2) is 10.9 Å². The van der Waals surface area contributed by atoms with Gasteiger partial charge in [0.1, 0.15) is 5.58 Å². The van der Waals surface area contributed by atoms with Crippen LogP contribution in [0.2, 0.25) is 0 Å². The quantitative estimate of drug-likeness (QED) is 0.276. The molecule has 5 nitrogen and oxygen atoms in total. The number of nitrogens with zero attached hydrogens (tertiary/aromatic N) is 2. The SMILES string of the molecule is O=C(Nc1ccccc1SC(F)F)c1oc2ccccc2c1CSc1ncccn1. The molecule has 1 N–H and O–H groups in total.